The fraction of sp³-hybridized carbons (Fsp3) is 0.143. The molecule has 0 aliphatic rings. The summed E-state index contributed by atoms with van der Waals surface area (Å²) >= 11 is 6.08. The number of aromatic nitrogens is 1. The predicted molar refractivity (Wildman–Crippen MR) is 105 cm³/mol. The number of carbonyl (C=O) groups excluding carboxylic acids is 2. The largest absolute Gasteiger partial charge is 0.465 e. The number of nitrogens with zero attached hydrogens (tertiary/aromatic N) is 1. The maximum Gasteiger partial charge on any atom is 0.337 e. The Balaban J connectivity index is 1.65. The Morgan fingerprint density at radius 2 is 1.78 bits per heavy atom. The highest BCUT2D eigenvalue weighted by molar-refractivity contribution is 6.31. The van der Waals surface area contributed by atoms with Gasteiger partial charge in [-0.2, -0.15) is 0 Å². The topological polar surface area (TPSA) is 60.3 Å². The number of halogens is 1. The van der Waals surface area contributed by atoms with Crippen LogP contribution >= 0.6 is 11.6 Å². The zero-order valence-electron chi connectivity index (χ0n) is 14.8. The van der Waals surface area contributed by atoms with E-state index in [1.807, 2.05) is 47.3 Å². The van der Waals surface area contributed by atoms with E-state index in [-0.39, 0.29) is 11.9 Å². The molecule has 0 aliphatic heterocycles. The molecule has 0 atom stereocenters. The van der Waals surface area contributed by atoms with Crippen molar-refractivity contribution in [3.05, 3.63) is 88.7 Å². The third-order valence-corrected chi connectivity index (χ3v) is 4.40. The summed E-state index contributed by atoms with van der Waals surface area (Å²) in [6, 6.07) is 16.2. The molecule has 5 nitrogen and oxygen atoms in total. The van der Waals surface area contributed by atoms with Crippen molar-refractivity contribution in [2.75, 3.05) is 13.7 Å². The van der Waals surface area contributed by atoms with E-state index in [1.165, 1.54) is 7.11 Å². The van der Waals surface area contributed by atoms with Gasteiger partial charge in [-0.3, -0.25) is 4.79 Å². The summed E-state index contributed by atoms with van der Waals surface area (Å²) in [4.78, 5) is 24.1. The van der Waals surface area contributed by atoms with Gasteiger partial charge in [-0.1, -0.05) is 23.7 Å². The summed E-state index contributed by atoms with van der Waals surface area (Å²) in [5.41, 5.74) is 2.80. The first-order valence-electron chi connectivity index (χ1n) is 8.47. The van der Waals surface area contributed by atoms with Crippen molar-refractivity contribution < 1.29 is 14.3 Å². The first-order chi connectivity index (χ1) is 13.1. The Morgan fingerprint density at radius 1 is 1.07 bits per heavy atom. The van der Waals surface area contributed by atoms with E-state index < -0.39 is 0 Å². The number of hydrogen-bond acceptors (Lipinski definition) is 3. The highest BCUT2D eigenvalue weighted by Crippen LogP contribution is 2.20. The van der Waals surface area contributed by atoms with Gasteiger partial charge in [0.1, 0.15) is 0 Å². The van der Waals surface area contributed by atoms with Crippen LogP contribution in [0.15, 0.2) is 67.0 Å². The lowest BCUT2D eigenvalue weighted by Gasteiger charge is -2.12. The molecule has 3 aromatic rings. The fourth-order valence-electron chi connectivity index (χ4n) is 2.75. The van der Waals surface area contributed by atoms with Gasteiger partial charge >= 0.3 is 5.97 Å². The Labute approximate surface area is 162 Å². The summed E-state index contributed by atoms with van der Waals surface area (Å²) in [7, 11) is 1.35. The molecule has 1 heterocycles. The molecule has 1 N–H and O–H groups in total. The van der Waals surface area contributed by atoms with Crippen LogP contribution in [0, 0.1) is 0 Å². The molecule has 0 saturated carbocycles. The van der Waals surface area contributed by atoms with Gasteiger partial charge in [0.05, 0.1) is 23.9 Å². The Kier molecular flexibility index (Phi) is 5.94. The van der Waals surface area contributed by atoms with Crippen molar-refractivity contribution in [1.29, 1.82) is 0 Å². The monoisotopic (exact) mass is 382 g/mol. The highest BCUT2D eigenvalue weighted by atomic mass is 35.5. The van der Waals surface area contributed by atoms with Crippen molar-refractivity contribution in [1.82, 2.24) is 9.88 Å². The smallest absolute Gasteiger partial charge is 0.337 e. The van der Waals surface area contributed by atoms with E-state index in [4.69, 9.17) is 11.6 Å². The highest BCUT2D eigenvalue weighted by Gasteiger charge is 2.13. The molecular formula is C21H19ClN2O3. The van der Waals surface area contributed by atoms with Crippen LogP contribution < -0.4 is 5.32 Å². The summed E-state index contributed by atoms with van der Waals surface area (Å²) in [6.45, 7) is 0.466. The van der Waals surface area contributed by atoms with E-state index in [9.17, 15) is 9.59 Å². The lowest BCUT2D eigenvalue weighted by molar-refractivity contribution is 0.0600. The second-order valence-electron chi connectivity index (χ2n) is 5.95. The standard InChI is InChI=1S/C21H19ClN2O3/c1-27-21(26)16-6-4-15(5-7-16)10-11-23-20(25)18-14-17(22)8-9-19(18)24-12-2-3-13-24/h2-9,12-14H,10-11H2,1H3,(H,23,25). The summed E-state index contributed by atoms with van der Waals surface area (Å²) < 4.78 is 6.55. The summed E-state index contributed by atoms with van der Waals surface area (Å²) in [5, 5.41) is 3.43. The molecule has 0 fully saturated rings. The zero-order chi connectivity index (χ0) is 19.2. The van der Waals surface area contributed by atoms with Crippen LogP contribution in [0.2, 0.25) is 5.02 Å². The number of hydrogen-bond donors (Lipinski definition) is 1. The number of amides is 1. The number of rotatable bonds is 6. The molecule has 27 heavy (non-hydrogen) atoms. The van der Waals surface area contributed by atoms with Crippen molar-refractivity contribution in [2.24, 2.45) is 0 Å². The van der Waals surface area contributed by atoms with E-state index in [2.05, 4.69) is 10.1 Å². The maximum absolute atomic E-state index is 12.6. The van der Waals surface area contributed by atoms with Crippen LogP contribution in [0.1, 0.15) is 26.3 Å². The molecule has 1 aromatic heterocycles. The van der Waals surface area contributed by atoms with E-state index in [0.717, 1.165) is 11.3 Å². The van der Waals surface area contributed by atoms with Crippen LogP contribution in [-0.4, -0.2) is 30.1 Å². The normalized spacial score (nSPS) is 10.4. The predicted octanol–water partition coefficient (Wildman–Crippen LogP) is 3.89. The van der Waals surface area contributed by atoms with Crippen molar-refractivity contribution >= 4 is 23.5 Å². The van der Waals surface area contributed by atoms with E-state index >= 15 is 0 Å². The zero-order valence-corrected chi connectivity index (χ0v) is 15.6. The number of methoxy groups -OCH3 is 1. The second-order valence-corrected chi connectivity index (χ2v) is 6.38. The molecule has 0 spiro atoms. The average Bonchev–Trinajstić information content (AvgIpc) is 3.22. The lowest BCUT2D eigenvalue weighted by Crippen LogP contribution is -2.26. The van der Waals surface area contributed by atoms with Crippen LogP contribution in [0.25, 0.3) is 5.69 Å². The van der Waals surface area contributed by atoms with Crippen molar-refractivity contribution in [3.63, 3.8) is 0 Å². The minimum Gasteiger partial charge on any atom is -0.465 e. The SMILES string of the molecule is COC(=O)c1ccc(CCNC(=O)c2cc(Cl)ccc2-n2cccc2)cc1. The van der Waals surface area contributed by atoms with Gasteiger partial charge in [-0.15, -0.1) is 0 Å². The van der Waals surface area contributed by atoms with Crippen LogP contribution in [0.3, 0.4) is 0 Å². The number of nitrogens with one attached hydrogen (secondary N) is 1. The number of ether oxygens (including phenoxy) is 1. The van der Waals surface area contributed by atoms with Gasteiger partial charge in [-0.05, 0) is 54.4 Å². The minimum absolute atomic E-state index is 0.188. The molecule has 0 saturated heterocycles. The second kappa shape index (κ2) is 8.56. The van der Waals surface area contributed by atoms with Crippen molar-refractivity contribution in [2.45, 2.75) is 6.42 Å². The molecule has 138 valence electrons. The third-order valence-electron chi connectivity index (χ3n) is 4.16. The van der Waals surface area contributed by atoms with Gasteiger partial charge in [0.2, 0.25) is 0 Å². The Bertz CT molecular complexity index is 935. The lowest BCUT2D eigenvalue weighted by atomic mass is 10.1. The summed E-state index contributed by atoms with van der Waals surface area (Å²) in [6.07, 6.45) is 4.40. The molecule has 0 radical (unpaired) electrons. The number of carbonyl (C=O) groups is 2. The fourth-order valence-corrected chi connectivity index (χ4v) is 2.92. The molecule has 0 aliphatic carbocycles. The quantitative estimate of drug-likeness (QED) is 0.658. The molecule has 0 bridgehead atoms. The maximum atomic E-state index is 12.6. The van der Waals surface area contributed by atoms with E-state index in [1.54, 1.807) is 24.3 Å². The molecule has 1 amide bonds. The van der Waals surface area contributed by atoms with Gasteiger partial charge in [-0.25, -0.2) is 4.79 Å². The Hall–Kier alpha value is -3.05. The van der Waals surface area contributed by atoms with Gasteiger partial charge in [0.15, 0.2) is 0 Å². The number of esters is 1. The first kappa shape index (κ1) is 18.7. The molecule has 0 unspecified atom stereocenters. The first-order valence-corrected chi connectivity index (χ1v) is 8.84. The summed E-state index contributed by atoms with van der Waals surface area (Å²) in [5.74, 6) is -0.555. The van der Waals surface area contributed by atoms with Gasteiger partial charge in [0.25, 0.3) is 5.91 Å². The average molecular weight is 383 g/mol. The minimum atomic E-state index is -0.367. The van der Waals surface area contributed by atoms with Gasteiger partial charge < -0.3 is 14.6 Å². The molecule has 3 rings (SSSR count). The van der Waals surface area contributed by atoms with Crippen LogP contribution in [0.5, 0.6) is 0 Å². The van der Waals surface area contributed by atoms with Crippen LogP contribution in [0.4, 0.5) is 0 Å². The molecular weight excluding hydrogens is 364 g/mol. The Morgan fingerprint density at radius 3 is 2.44 bits per heavy atom. The molecule has 2 aromatic carbocycles. The van der Waals surface area contributed by atoms with Crippen LogP contribution in [-0.2, 0) is 11.2 Å². The van der Waals surface area contributed by atoms with Gasteiger partial charge in [0, 0.05) is 24.0 Å². The third kappa shape index (κ3) is 4.57. The van der Waals surface area contributed by atoms with Crippen molar-refractivity contribution in [3.8, 4) is 5.69 Å². The molecule has 6 heteroatoms. The van der Waals surface area contributed by atoms with E-state index in [0.29, 0.717) is 29.1 Å². The number of benzene rings is 2.